The van der Waals surface area contributed by atoms with Crippen molar-refractivity contribution in [2.75, 3.05) is 43.7 Å². The summed E-state index contributed by atoms with van der Waals surface area (Å²) in [5, 5.41) is 0. The van der Waals surface area contributed by atoms with Crippen molar-refractivity contribution < 1.29 is 13.2 Å². The molecule has 7 heteroatoms. The van der Waals surface area contributed by atoms with Crippen molar-refractivity contribution in [3.63, 3.8) is 0 Å². The zero-order valence-electron chi connectivity index (χ0n) is 11.2. The van der Waals surface area contributed by atoms with E-state index >= 15 is 0 Å². The normalized spacial score (nSPS) is 11.7. The van der Waals surface area contributed by atoms with Gasteiger partial charge < -0.3 is 10.5 Å². The summed E-state index contributed by atoms with van der Waals surface area (Å²) in [5.41, 5.74) is 6.21. The number of hydrogen-bond donors (Lipinski definition) is 1. The topological polar surface area (TPSA) is 72.6 Å². The Hall–Kier alpha value is -0.920. The van der Waals surface area contributed by atoms with E-state index in [2.05, 4.69) is 0 Å². The number of anilines is 1. The van der Waals surface area contributed by atoms with Crippen molar-refractivity contribution >= 4 is 27.5 Å². The van der Waals surface area contributed by atoms with E-state index < -0.39 is 10.0 Å². The van der Waals surface area contributed by atoms with E-state index in [9.17, 15) is 8.42 Å². The minimum Gasteiger partial charge on any atom is -0.492 e. The van der Waals surface area contributed by atoms with Gasteiger partial charge in [-0.05, 0) is 18.4 Å². The molecule has 0 aliphatic carbocycles. The summed E-state index contributed by atoms with van der Waals surface area (Å²) >= 11 is 1.62. The number of nitrogen functional groups attached to an aromatic ring is 1. The van der Waals surface area contributed by atoms with E-state index in [1.165, 1.54) is 4.31 Å². The molecule has 108 valence electrons. The van der Waals surface area contributed by atoms with Crippen LogP contribution in [-0.4, -0.2) is 50.7 Å². The highest BCUT2D eigenvalue weighted by Crippen LogP contribution is 2.14. The van der Waals surface area contributed by atoms with Gasteiger partial charge in [-0.3, -0.25) is 0 Å². The SMILES string of the molecule is CSCCN(C)S(=O)(=O)CCOc1cccc(N)c1. The van der Waals surface area contributed by atoms with Crippen LogP contribution in [0.3, 0.4) is 0 Å². The lowest BCUT2D eigenvalue weighted by molar-refractivity contribution is 0.337. The molecule has 0 aliphatic rings. The van der Waals surface area contributed by atoms with E-state index in [0.29, 0.717) is 18.0 Å². The Kier molecular flexibility index (Phi) is 6.47. The zero-order valence-corrected chi connectivity index (χ0v) is 12.8. The molecular weight excluding hydrogens is 284 g/mol. The van der Waals surface area contributed by atoms with Crippen LogP contribution in [0.5, 0.6) is 5.75 Å². The fraction of sp³-hybridized carbons (Fsp3) is 0.500. The van der Waals surface area contributed by atoms with E-state index in [1.54, 1.807) is 43.1 Å². The summed E-state index contributed by atoms with van der Waals surface area (Å²) in [6, 6.07) is 6.94. The van der Waals surface area contributed by atoms with Crippen LogP contribution in [0, 0.1) is 0 Å². The molecular formula is C12H20N2O3S2. The molecule has 0 saturated carbocycles. The van der Waals surface area contributed by atoms with Gasteiger partial charge in [0.1, 0.15) is 12.4 Å². The van der Waals surface area contributed by atoms with Crippen LogP contribution in [0.1, 0.15) is 0 Å². The van der Waals surface area contributed by atoms with Crippen LogP contribution in [-0.2, 0) is 10.0 Å². The fourth-order valence-corrected chi connectivity index (χ4v) is 2.93. The van der Waals surface area contributed by atoms with Crippen LogP contribution in [0.4, 0.5) is 5.69 Å². The van der Waals surface area contributed by atoms with Crippen LogP contribution < -0.4 is 10.5 Å². The molecule has 0 saturated heterocycles. The molecule has 0 unspecified atom stereocenters. The van der Waals surface area contributed by atoms with Gasteiger partial charge in [0.05, 0.1) is 5.75 Å². The third-order valence-corrected chi connectivity index (χ3v) is 4.96. The molecule has 0 aliphatic heterocycles. The van der Waals surface area contributed by atoms with Gasteiger partial charge in [0, 0.05) is 31.1 Å². The van der Waals surface area contributed by atoms with Gasteiger partial charge >= 0.3 is 0 Å². The first-order valence-electron chi connectivity index (χ1n) is 5.87. The molecule has 1 aromatic carbocycles. The lowest BCUT2D eigenvalue weighted by Crippen LogP contribution is -2.33. The average Bonchev–Trinajstić information content (AvgIpc) is 2.35. The molecule has 0 bridgehead atoms. The molecule has 19 heavy (non-hydrogen) atoms. The van der Waals surface area contributed by atoms with Crippen LogP contribution in [0.25, 0.3) is 0 Å². The molecule has 0 aromatic heterocycles. The minimum atomic E-state index is -3.25. The summed E-state index contributed by atoms with van der Waals surface area (Å²) < 4.78 is 30.6. The largest absolute Gasteiger partial charge is 0.492 e. The third-order valence-electron chi connectivity index (χ3n) is 2.55. The molecule has 0 spiro atoms. The maximum atomic E-state index is 11.9. The predicted octanol–water partition coefficient (Wildman–Crippen LogP) is 1.27. The minimum absolute atomic E-state index is 0.0350. The van der Waals surface area contributed by atoms with Crippen LogP contribution in [0.15, 0.2) is 24.3 Å². The van der Waals surface area contributed by atoms with Gasteiger partial charge in [-0.2, -0.15) is 11.8 Å². The maximum absolute atomic E-state index is 11.9. The van der Waals surface area contributed by atoms with E-state index in [1.807, 2.05) is 6.26 Å². The highest BCUT2D eigenvalue weighted by molar-refractivity contribution is 7.98. The Morgan fingerprint density at radius 2 is 2.16 bits per heavy atom. The standard InChI is InChI=1S/C12H20N2O3S2/c1-14(6-8-18-2)19(15,16)9-7-17-12-5-3-4-11(13)10-12/h3-5,10H,6-9,13H2,1-2H3. The molecule has 2 N–H and O–H groups in total. The molecule has 0 amide bonds. The van der Waals surface area contributed by atoms with E-state index in [0.717, 1.165) is 5.75 Å². The predicted molar refractivity (Wildman–Crippen MR) is 81.1 cm³/mol. The van der Waals surface area contributed by atoms with Gasteiger partial charge in [0.2, 0.25) is 10.0 Å². The van der Waals surface area contributed by atoms with Crippen LogP contribution >= 0.6 is 11.8 Å². The Morgan fingerprint density at radius 1 is 1.42 bits per heavy atom. The number of ether oxygens (including phenoxy) is 1. The second kappa shape index (κ2) is 7.62. The third kappa shape index (κ3) is 5.71. The summed E-state index contributed by atoms with van der Waals surface area (Å²) in [6.45, 7) is 0.636. The second-order valence-corrected chi connectivity index (χ2v) is 7.23. The van der Waals surface area contributed by atoms with Crippen molar-refractivity contribution in [3.8, 4) is 5.75 Å². The van der Waals surface area contributed by atoms with Crippen molar-refractivity contribution in [2.24, 2.45) is 0 Å². The first-order valence-corrected chi connectivity index (χ1v) is 8.87. The smallest absolute Gasteiger partial charge is 0.217 e. The quantitative estimate of drug-likeness (QED) is 0.732. The van der Waals surface area contributed by atoms with Crippen molar-refractivity contribution in [3.05, 3.63) is 24.3 Å². The monoisotopic (exact) mass is 304 g/mol. The first kappa shape index (κ1) is 16.1. The van der Waals surface area contributed by atoms with Gasteiger partial charge in [0.15, 0.2) is 0 Å². The Balaban J connectivity index is 2.43. The highest BCUT2D eigenvalue weighted by Gasteiger charge is 2.17. The molecule has 0 atom stereocenters. The number of thioether (sulfide) groups is 1. The molecule has 5 nitrogen and oxygen atoms in total. The number of nitrogens with zero attached hydrogens (tertiary/aromatic N) is 1. The van der Waals surface area contributed by atoms with E-state index in [4.69, 9.17) is 10.5 Å². The van der Waals surface area contributed by atoms with Gasteiger partial charge in [-0.1, -0.05) is 6.07 Å². The summed E-state index contributed by atoms with van der Waals surface area (Å²) in [5.74, 6) is 1.33. The van der Waals surface area contributed by atoms with Crippen molar-refractivity contribution in [2.45, 2.75) is 0 Å². The first-order chi connectivity index (χ1) is 8.95. The Morgan fingerprint density at radius 3 is 2.79 bits per heavy atom. The molecule has 1 aromatic rings. The van der Waals surface area contributed by atoms with Crippen molar-refractivity contribution in [1.82, 2.24) is 4.31 Å². The number of hydrogen-bond acceptors (Lipinski definition) is 5. The molecule has 0 radical (unpaired) electrons. The summed E-state index contributed by atoms with van der Waals surface area (Å²) in [6.07, 6.45) is 1.95. The Labute approximate surface area is 119 Å². The summed E-state index contributed by atoms with van der Waals surface area (Å²) in [7, 11) is -1.66. The van der Waals surface area contributed by atoms with Crippen molar-refractivity contribution in [1.29, 1.82) is 0 Å². The summed E-state index contributed by atoms with van der Waals surface area (Å²) in [4.78, 5) is 0. The fourth-order valence-electron chi connectivity index (χ4n) is 1.38. The molecule has 0 heterocycles. The number of benzene rings is 1. The zero-order chi connectivity index (χ0) is 14.3. The number of sulfonamides is 1. The number of rotatable bonds is 8. The lowest BCUT2D eigenvalue weighted by atomic mass is 10.3. The Bertz CT molecular complexity index is 492. The second-order valence-electron chi connectivity index (χ2n) is 4.05. The van der Waals surface area contributed by atoms with Gasteiger partial charge in [-0.25, -0.2) is 12.7 Å². The molecule has 0 fully saturated rings. The lowest BCUT2D eigenvalue weighted by Gasteiger charge is -2.16. The highest BCUT2D eigenvalue weighted by atomic mass is 32.2. The average molecular weight is 304 g/mol. The van der Waals surface area contributed by atoms with Gasteiger partial charge in [-0.15, -0.1) is 0 Å². The van der Waals surface area contributed by atoms with Crippen LogP contribution in [0.2, 0.25) is 0 Å². The van der Waals surface area contributed by atoms with E-state index in [-0.39, 0.29) is 12.4 Å². The maximum Gasteiger partial charge on any atom is 0.217 e. The molecule has 1 rings (SSSR count). The number of nitrogens with two attached hydrogens (primary N) is 1. The van der Waals surface area contributed by atoms with Gasteiger partial charge in [0.25, 0.3) is 0 Å².